The van der Waals surface area contributed by atoms with Gasteiger partial charge in [-0.1, -0.05) is 75.5 Å². The maximum Gasteiger partial charge on any atom is 0.119 e. The van der Waals surface area contributed by atoms with E-state index in [1.807, 2.05) is 48.5 Å². The molecule has 0 aliphatic rings. The number of unbranched alkanes of at least 4 members (excludes halogenated alkanes) is 9. The Bertz CT molecular complexity index is 846. The van der Waals surface area contributed by atoms with Gasteiger partial charge in [0.2, 0.25) is 0 Å². The van der Waals surface area contributed by atoms with Gasteiger partial charge in [0.05, 0.1) is 24.6 Å². The summed E-state index contributed by atoms with van der Waals surface area (Å²) < 4.78 is 11.7. The van der Waals surface area contributed by atoms with Crippen LogP contribution >= 0.6 is 0 Å². The quantitative estimate of drug-likeness (QED) is 0.0738. The molecule has 6 nitrogen and oxygen atoms in total. The van der Waals surface area contributed by atoms with E-state index in [2.05, 4.69) is 24.2 Å². The Morgan fingerprint density at radius 1 is 0.526 bits per heavy atom. The van der Waals surface area contributed by atoms with Crippen LogP contribution in [-0.4, -0.2) is 35.1 Å². The maximum atomic E-state index is 9.55. The van der Waals surface area contributed by atoms with Gasteiger partial charge in [0.15, 0.2) is 0 Å². The highest BCUT2D eigenvalue weighted by Gasteiger charge is 2.09. The molecule has 0 aliphatic heterocycles. The highest BCUT2D eigenvalue weighted by Crippen LogP contribution is 2.19. The number of benzene rings is 2. The fourth-order valence-electron chi connectivity index (χ4n) is 4.37. The second kappa shape index (κ2) is 20.0. The zero-order valence-electron chi connectivity index (χ0n) is 23.5. The normalized spacial score (nSPS) is 12.1. The Morgan fingerprint density at radius 2 is 0.895 bits per heavy atom. The van der Waals surface area contributed by atoms with Crippen molar-refractivity contribution in [1.29, 1.82) is 0 Å². The van der Waals surface area contributed by atoms with Crippen LogP contribution in [-0.2, 0) is 0 Å². The zero-order valence-corrected chi connectivity index (χ0v) is 23.5. The molecule has 38 heavy (non-hydrogen) atoms. The third-order valence-electron chi connectivity index (χ3n) is 6.73. The van der Waals surface area contributed by atoms with Gasteiger partial charge in [-0.2, -0.15) is 0 Å². The average Bonchev–Trinajstić information content (AvgIpc) is 2.95. The smallest absolute Gasteiger partial charge is 0.119 e. The molecule has 0 saturated carbocycles. The summed E-state index contributed by atoms with van der Waals surface area (Å²) >= 11 is 0. The lowest BCUT2D eigenvalue weighted by Gasteiger charge is -2.10. The van der Waals surface area contributed by atoms with Crippen molar-refractivity contribution in [3.05, 3.63) is 59.7 Å². The molecule has 0 aliphatic carbocycles. The van der Waals surface area contributed by atoms with E-state index in [0.29, 0.717) is 24.3 Å². The van der Waals surface area contributed by atoms with Gasteiger partial charge in [-0.3, -0.25) is 0 Å². The van der Waals surface area contributed by atoms with E-state index in [1.165, 1.54) is 51.4 Å². The van der Waals surface area contributed by atoms with Gasteiger partial charge >= 0.3 is 0 Å². The molecule has 2 aromatic rings. The van der Waals surface area contributed by atoms with Crippen molar-refractivity contribution >= 4 is 11.4 Å². The Morgan fingerprint density at radius 3 is 1.24 bits per heavy atom. The molecule has 0 radical (unpaired) electrons. The van der Waals surface area contributed by atoms with Crippen LogP contribution in [0.15, 0.2) is 58.8 Å². The summed E-state index contributed by atoms with van der Waals surface area (Å²) in [7, 11) is 0. The summed E-state index contributed by atoms with van der Waals surface area (Å²) in [6.45, 7) is 5.90. The van der Waals surface area contributed by atoms with Crippen molar-refractivity contribution in [2.45, 2.75) is 104 Å². The lowest BCUT2D eigenvalue weighted by molar-refractivity contribution is 0.304. The van der Waals surface area contributed by atoms with E-state index in [9.17, 15) is 10.4 Å². The van der Waals surface area contributed by atoms with E-state index in [1.54, 1.807) is 0 Å². The van der Waals surface area contributed by atoms with Crippen molar-refractivity contribution in [1.82, 2.24) is 0 Å². The molecule has 0 atom stereocenters. The zero-order chi connectivity index (χ0) is 27.3. The molecule has 0 aromatic heterocycles. The monoisotopic (exact) mass is 524 g/mol. The number of rotatable bonds is 21. The van der Waals surface area contributed by atoms with Gasteiger partial charge in [-0.25, -0.2) is 0 Å². The molecule has 2 aromatic carbocycles. The second-order valence-corrected chi connectivity index (χ2v) is 9.87. The first-order chi connectivity index (χ1) is 18.7. The van der Waals surface area contributed by atoms with Crippen LogP contribution in [0.1, 0.15) is 115 Å². The Balaban J connectivity index is 1.70. The minimum absolute atomic E-state index is 0.637. The first-order valence-electron chi connectivity index (χ1n) is 14.6. The van der Waals surface area contributed by atoms with Crippen molar-refractivity contribution in [2.75, 3.05) is 13.2 Å². The molecule has 0 bridgehead atoms. The van der Waals surface area contributed by atoms with Gasteiger partial charge < -0.3 is 19.9 Å². The predicted octanol–water partition coefficient (Wildman–Crippen LogP) is 9.00. The van der Waals surface area contributed by atoms with Crippen LogP contribution in [0, 0.1) is 0 Å². The highest BCUT2D eigenvalue weighted by atomic mass is 16.5. The molecule has 0 unspecified atom stereocenters. The minimum atomic E-state index is 0.637. The Hall–Kier alpha value is -3.02. The maximum absolute atomic E-state index is 9.55. The number of hydrogen-bond donors (Lipinski definition) is 2. The molecule has 2 N–H and O–H groups in total. The molecular formula is C32H48N2O4. The fourth-order valence-corrected chi connectivity index (χ4v) is 4.37. The SMILES string of the molecule is CCCCCCCOc1ccc(/C(CCCC/C(=N/O)c2ccc(OCCCCCCC)cc2)=N\O)cc1. The minimum Gasteiger partial charge on any atom is -0.494 e. The van der Waals surface area contributed by atoms with Crippen LogP contribution in [0.4, 0.5) is 0 Å². The van der Waals surface area contributed by atoms with Crippen LogP contribution in [0.25, 0.3) is 0 Å². The molecule has 0 spiro atoms. The van der Waals surface area contributed by atoms with Crippen molar-refractivity contribution < 1.29 is 19.9 Å². The van der Waals surface area contributed by atoms with Crippen molar-refractivity contribution in [2.24, 2.45) is 10.3 Å². The van der Waals surface area contributed by atoms with Gasteiger partial charge in [0.1, 0.15) is 11.5 Å². The van der Waals surface area contributed by atoms with Crippen molar-refractivity contribution in [3.63, 3.8) is 0 Å². The Kier molecular flexibility index (Phi) is 16.4. The first kappa shape index (κ1) is 31.2. The second-order valence-electron chi connectivity index (χ2n) is 9.87. The van der Waals surface area contributed by atoms with Crippen LogP contribution in [0.5, 0.6) is 11.5 Å². The third-order valence-corrected chi connectivity index (χ3v) is 6.73. The molecule has 6 heteroatoms. The van der Waals surface area contributed by atoms with Gasteiger partial charge in [0.25, 0.3) is 0 Å². The largest absolute Gasteiger partial charge is 0.494 e. The highest BCUT2D eigenvalue weighted by molar-refractivity contribution is 6.01. The number of hydrogen-bond acceptors (Lipinski definition) is 6. The van der Waals surface area contributed by atoms with Gasteiger partial charge in [0, 0.05) is 0 Å². The molecule has 0 heterocycles. The van der Waals surface area contributed by atoms with Crippen molar-refractivity contribution in [3.8, 4) is 11.5 Å². The lowest BCUT2D eigenvalue weighted by Crippen LogP contribution is -2.05. The summed E-state index contributed by atoms with van der Waals surface area (Å²) in [5.74, 6) is 1.68. The molecule has 2 rings (SSSR count). The predicted molar refractivity (Wildman–Crippen MR) is 157 cm³/mol. The number of nitrogens with zero attached hydrogens (tertiary/aromatic N) is 2. The molecule has 210 valence electrons. The van der Waals surface area contributed by atoms with E-state index >= 15 is 0 Å². The van der Waals surface area contributed by atoms with E-state index in [-0.39, 0.29) is 0 Å². The molecule has 0 amide bonds. The summed E-state index contributed by atoms with van der Waals surface area (Å²) in [4.78, 5) is 0. The fraction of sp³-hybridized carbons (Fsp3) is 0.562. The summed E-state index contributed by atoms with van der Waals surface area (Å²) in [5, 5.41) is 26.1. The van der Waals surface area contributed by atoms with E-state index in [4.69, 9.17) is 9.47 Å². The van der Waals surface area contributed by atoms with Gasteiger partial charge in [-0.05, 0) is 98.2 Å². The van der Waals surface area contributed by atoms with E-state index < -0.39 is 0 Å². The lowest BCUT2D eigenvalue weighted by atomic mass is 10.0. The summed E-state index contributed by atoms with van der Waals surface area (Å²) in [6, 6.07) is 15.5. The van der Waals surface area contributed by atoms with Gasteiger partial charge in [-0.15, -0.1) is 0 Å². The average molecular weight is 525 g/mol. The topological polar surface area (TPSA) is 83.6 Å². The molecular weight excluding hydrogens is 476 g/mol. The number of oxime groups is 2. The third kappa shape index (κ3) is 12.5. The first-order valence-corrected chi connectivity index (χ1v) is 14.6. The van der Waals surface area contributed by atoms with Crippen LogP contribution in [0.3, 0.4) is 0 Å². The molecule has 0 fully saturated rings. The van der Waals surface area contributed by atoms with E-state index in [0.717, 1.165) is 61.5 Å². The summed E-state index contributed by atoms with van der Waals surface area (Å²) in [6.07, 6.45) is 15.0. The van der Waals surface area contributed by atoms with Crippen LogP contribution in [0.2, 0.25) is 0 Å². The number of ether oxygens (including phenoxy) is 2. The Labute approximate surface area is 229 Å². The standard InChI is InChI=1S/C32H48N2O4/c1-3-5-7-9-13-25-37-29-21-17-27(18-22-29)31(33-35)15-11-12-16-32(34-36)28-19-23-30(24-20-28)38-26-14-10-8-6-4-2/h17-24,35-36H,3-16,25-26H2,1-2H3/b33-31-,34-32-. The summed E-state index contributed by atoms with van der Waals surface area (Å²) in [5.41, 5.74) is 3.07. The van der Waals surface area contributed by atoms with Crippen LogP contribution < -0.4 is 9.47 Å². The molecule has 0 saturated heterocycles.